The van der Waals surface area contributed by atoms with Crippen LogP contribution in [0.5, 0.6) is 0 Å². The Labute approximate surface area is 163 Å². The van der Waals surface area contributed by atoms with E-state index in [-0.39, 0.29) is 11.9 Å². The number of fused-ring (bicyclic) bond motifs is 1. The quantitative estimate of drug-likeness (QED) is 0.725. The Morgan fingerprint density at radius 2 is 2.11 bits per heavy atom. The lowest BCUT2D eigenvalue weighted by Gasteiger charge is -2.16. The van der Waals surface area contributed by atoms with E-state index in [1.54, 1.807) is 17.1 Å². The summed E-state index contributed by atoms with van der Waals surface area (Å²) in [5, 5.41) is 20.5. The van der Waals surface area contributed by atoms with Gasteiger partial charge in [-0.1, -0.05) is 6.92 Å². The highest BCUT2D eigenvalue weighted by molar-refractivity contribution is 5.95. The van der Waals surface area contributed by atoms with E-state index in [0.717, 1.165) is 61.7 Å². The van der Waals surface area contributed by atoms with Crippen LogP contribution >= 0.6 is 0 Å². The Balaban J connectivity index is 1.45. The lowest BCUT2D eigenvalue weighted by molar-refractivity contribution is 0.0932. The predicted octanol–water partition coefficient (Wildman–Crippen LogP) is 1.73. The van der Waals surface area contributed by atoms with Crippen LogP contribution in [0, 0.1) is 6.92 Å². The zero-order valence-electron chi connectivity index (χ0n) is 16.6. The number of hydrogen-bond acceptors (Lipinski definition) is 5. The number of hydrogen-bond donors (Lipinski definition) is 1. The number of nitrogens with one attached hydrogen (secondary N) is 1. The van der Waals surface area contributed by atoms with Crippen molar-refractivity contribution >= 4 is 5.91 Å². The average Bonchev–Trinajstić information content (AvgIpc) is 3.34. The molecule has 0 spiro atoms. The molecular weight excluding hydrogens is 356 g/mol. The van der Waals surface area contributed by atoms with Crippen LogP contribution in [0.1, 0.15) is 48.1 Å². The molecule has 1 unspecified atom stereocenters. The summed E-state index contributed by atoms with van der Waals surface area (Å²) in [6.45, 7) is 5.65. The lowest BCUT2D eigenvalue weighted by atomic mass is 10.1. The van der Waals surface area contributed by atoms with Crippen LogP contribution in [0.2, 0.25) is 0 Å². The zero-order valence-corrected chi connectivity index (χ0v) is 16.6. The van der Waals surface area contributed by atoms with Gasteiger partial charge in [0.05, 0.1) is 23.5 Å². The van der Waals surface area contributed by atoms with E-state index in [2.05, 4.69) is 37.2 Å². The molecule has 0 saturated carbocycles. The second-order valence-corrected chi connectivity index (χ2v) is 7.36. The highest BCUT2D eigenvalue weighted by atomic mass is 16.1. The van der Waals surface area contributed by atoms with Gasteiger partial charge in [-0.05, 0) is 26.2 Å². The van der Waals surface area contributed by atoms with Crippen LogP contribution in [0.4, 0.5) is 0 Å². The number of aryl methyl sites for hydroxylation is 3. The third kappa shape index (κ3) is 3.44. The second kappa shape index (κ2) is 7.57. The summed E-state index contributed by atoms with van der Waals surface area (Å²) in [4.78, 5) is 12.8. The molecule has 4 heterocycles. The molecule has 4 rings (SSSR count). The van der Waals surface area contributed by atoms with E-state index >= 15 is 0 Å². The van der Waals surface area contributed by atoms with Crippen molar-refractivity contribution < 1.29 is 4.79 Å². The SMILES string of the molecule is CCCn1ncc(C(=O)NC2CCc3nnc(-c4cnn(C)c4)n3CC2)c1C. The van der Waals surface area contributed by atoms with Crippen molar-refractivity contribution in [3.63, 3.8) is 0 Å². The molecule has 1 aliphatic rings. The maximum absolute atomic E-state index is 12.8. The van der Waals surface area contributed by atoms with E-state index in [1.165, 1.54) is 0 Å². The first-order valence-electron chi connectivity index (χ1n) is 9.81. The van der Waals surface area contributed by atoms with Gasteiger partial charge < -0.3 is 9.88 Å². The predicted molar refractivity (Wildman–Crippen MR) is 104 cm³/mol. The summed E-state index contributed by atoms with van der Waals surface area (Å²) in [6, 6.07) is 0.102. The van der Waals surface area contributed by atoms with Crippen molar-refractivity contribution in [3.8, 4) is 11.4 Å². The molecule has 1 amide bonds. The third-order valence-electron chi connectivity index (χ3n) is 5.33. The van der Waals surface area contributed by atoms with Gasteiger partial charge in [0.1, 0.15) is 5.82 Å². The molecule has 0 radical (unpaired) electrons. The molecule has 0 aromatic carbocycles. The van der Waals surface area contributed by atoms with Crippen molar-refractivity contribution in [2.45, 2.75) is 58.7 Å². The van der Waals surface area contributed by atoms with Gasteiger partial charge in [0.15, 0.2) is 5.82 Å². The van der Waals surface area contributed by atoms with Gasteiger partial charge in [0, 0.05) is 44.5 Å². The summed E-state index contributed by atoms with van der Waals surface area (Å²) in [7, 11) is 1.89. The first-order valence-corrected chi connectivity index (χ1v) is 9.81. The van der Waals surface area contributed by atoms with E-state index in [9.17, 15) is 4.79 Å². The van der Waals surface area contributed by atoms with Gasteiger partial charge in [0.25, 0.3) is 5.91 Å². The standard InChI is InChI=1S/C19H26N8O/c1-4-8-27-13(2)16(11-21-27)19(28)22-15-5-6-17-23-24-18(26(17)9-7-15)14-10-20-25(3)12-14/h10-12,15H,4-9H2,1-3H3,(H,22,28). The maximum Gasteiger partial charge on any atom is 0.254 e. The van der Waals surface area contributed by atoms with Gasteiger partial charge in [-0.25, -0.2) is 0 Å². The van der Waals surface area contributed by atoms with Crippen molar-refractivity contribution in [2.75, 3.05) is 0 Å². The summed E-state index contributed by atoms with van der Waals surface area (Å²) >= 11 is 0. The molecule has 148 valence electrons. The van der Waals surface area contributed by atoms with Crippen LogP contribution in [-0.2, 0) is 26.6 Å². The topological polar surface area (TPSA) is 95.5 Å². The Kier molecular flexibility index (Phi) is 4.97. The summed E-state index contributed by atoms with van der Waals surface area (Å²) in [5.74, 6) is 1.75. The zero-order chi connectivity index (χ0) is 19.7. The third-order valence-corrected chi connectivity index (χ3v) is 5.33. The second-order valence-electron chi connectivity index (χ2n) is 7.36. The Morgan fingerprint density at radius 3 is 2.86 bits per heavy atom. The van der Waals surface area contributed by atoms with Crippen molar-refractivity contribution in [3.05, 3.63) is 35.7 Å². The minimum atomic E-state index is -0.0463. The summed E-state index contributed by atoms with van der Waals surface area (Å²) in [5.41, 5.74) is 2.54. The van der Waals surface area contributed by atoms with Gasteiger partial charge in [0.2, 0.25) is 0 Å². The normalized spacial score (nSPS) is 16.6. The van der Waals surface area contributed by atoms with Gasteiger partial charge in [-0.15, -0.1) is 10.2 Å². The molecule has 0 fully saturated rings. The smallest absolute Gasteiger partial charge is 0.254 e. The molecular formula is C19H26N8O. The number of carbonyl (C=O) groups is 1. The lowest BCUT2D eigenvalue weighted by Crippen LogP contribution is -2.35. The number of amides is 1. The molecule has 3 aromatic heterocycles. The molecule has 0 aliphatic carbocycles. The molecule has 3 aromatic rings. The number of rotatable bonds is 5. The monoisotopic (exact) mass is 382 g/mol. The van der Waals surface area contributed by atoms with E-state index in [1.807, 2.05) is 24.9 Å². The molecule has 1 N–H and O–H groups in total. The van der Waals surface area contributed by atoms with Gasteiger partial charge in [-0.3, -0.25) is 14.2 Å². The van der Waals surface area contributed by atoms with E-state index in [0.29, 0.717) is 5.56 Å². The van der Waals surface area contributed by atoms with Crippen LogP contribution in [0.3, 0.4) is 0 Å². The Hall–Kier alpha value is -2.97. The number of nitrogens with zero attached hydrogens (tertiary/aromatic N) is 7. The number of carbonyl (C=O) groups excluding carboxylic acids is 1. The van der Waals surface area contributed by atoms with Crippen molar-refractivity contribution in [2.24, 2.45) is 7.05 Å². The van der Waals surface area contributed by atoms with E-state index < -0.39 is 0 Å². The fourth-order valence-corrected chi connectivity index (χ4v) is 3.75. The molecule has 1 atom stereocenters. The van der Waals surface area contributed by atoms with Crippen molar-refractivity contribution in [1.29, 1.82) is 0 Å². The Bertz CT molecular complexity index is 982. The summed E-state index contributed by atoms with van der Waals surface area (Å²) in [6.07, 6.45) is 8.88. The average molecular weight is 382 g/mol. The molecule has 1 aliphatic heterocycles. The first-order chi connectivity index (χ1) is 13.6. The fourth-order valence-electron chi connectivity index (χ4n) is 3.75. The van der Waals surface area contributed by atoms with Crippen LogP contribution < -0.4 is 5.32 Å². The highest BCUT2D eigenvalue weighted by Gasteiger charge is 2.24. The van der Waals surface area contributed by atoms with E-state index in [4.69, 9.17) is 0 Å². The molecule has 0 bridgehead atoms. The molecule has 9 heteroatoms. The largest absolute Gasteiger partial charge is 0.349 e. The minimum absolute atomic E-state index is 0.0463. The highest BCUT2D eigenvalue weighted by Crippen LogP contribution is 2.22. The van der Waals surface area contributed by atoms with Gasteiger partial charge in [-0.2, -0.15) is 10.2 Å². The first kappa shape index (κ1) is 18.4. The minimum Gasteiger partial charge on any atom is -0.349 e. The van der Waals surface area contributed by atoms with Crippen LogP contribution in [-0.4, -0.2) is 46.3 Å². The van der Waals surface area contributed by atoms with Gasteiger partial charge >= 0.3 is 0 Å². The maximum atomic E-state index is 12.8. The molecule has 0 saturated heterocycles. The number of aromatic nitrogens is 7. The molecule has 9 nitrogen and oxygen atoms in total. The summed E-state index contributed by atoms with van der Waals surface area (Å²) < 4.78 is 5.80. The fraction of sp³-hybridized carbons (Fsp3) is 0.526. The van der Waals surface area contributed by atoms with Crippen molar-refractivity contribution in [1.82, 2.24) is 39.6 Å². The molecule has 28 heavy (non-hydrogen) atoms. The Morgan fingerprint density at radius 1 is 1.25 bits per heavy atom. The van der Waals surface area contributed by atoms with Crippen LogP contribution in [0.25, 0.3) is 11.4 Å². The van der Waals surface area contributed by atoms with Crippen LogP contribution in [0.15, 0.2) is 18.6 Å².